The first-order chi connectivity index (χ1) is 9.22. The number of hydrogen-bond donors (Lipinski definition) is 1. The molecule has 1 saturated heterocycles. The van der Waals surface area contributed by atoms with Crippen LogP contribution in [0.2, 0.25) is 0 Å². The molecule has 8 nitrogen and oxygen atoms in total. The number of piperidine rings is 1. The normalized spacial score (nSPS) is 29.1. The summed E-state index contributed by atoms with van der Waals surface area (Å²) in [5, 5.41) is 2.51. The number of ether oxygens (including phenoxy) is 3. The lowest BCUT2D eigenvalue weighted by Gasteiger charge is -2.39. The summed E-state index contributed by atoms with van der Waals surface area (Å²) in [6, 6.07) is -0.581. The Hall–Kier alpha value is -2.12. The van der Waals surface area contributed by atoms with E-state index in [1.807, 2.05) is 0 Å². The number of nitrogens with one attached hydrogen (secondary N) is 1. The minimum atomic E-state index is -1.35. The van der Waals surface area contributed by atoms with Gasteiger partial charge in [-0.2, -0.15) is 0 Å². The third-order valence-corrected chi connectivity index (χ3v) is 2.64. The Labute approximate surface area is 115 Å². The van der Waals surface area contributed by atoms with Gasteiger partial charge in [-0.25, -0.2) is 0 Å². The molecule has 0 saturated carbocycles. The fourth-order valence-corrected chi connectivity index (χ4v) is 1.98. The van der Waals surface area contributed by atoms with Gasteiger partial charge in [-0.3, -0.25) is 19.2 Å². The molecule has 1 amide bonds. The van der Waals surface area contributed by atoms with Crippen LogP contribution < -0.4 is 5.32 Å². The maximum atomic E-state index is 11.8. The highest BCUT2D eigenvalue weighted by molar-refractivity contribution is 5.86. The first kappa shape index (κ1) is 15.9. The third kappa shape index (κ3) is 3.94. The number of carbonyl (C=O) groups excluding carboxylic acids is 4. The summed E-state index contributed by atoms with van der Waals surface area (Å²) in [5.74, 6) is -2.59. The van der Waals surface area contributed by atoms with E-state index < -0.39 is 48.2 Å². The van der Waals surface area contributed by atoms with Gasteiger partial charge in [0, 0.05) is 20.8 Å². The summed E-state index contributed by atoms with van der Waals surface area (Å²) in [7, 11) is 0. The lowest BCUT2D eigenvalue weighted by Crippen LogP contribution is -2.64. The third-order valence-electron chi connectivity index (χ3n) is 2.64. The molecule has 112 valence electrons. The molecule has 8 heteroatoms. The van der Waals surface area contributed by atoms with E-state index in [2.05, 4.69) is 5.32 Å². The monoisotopic (exact) mass is 287 g/mol. The van der Waals surface area contributed by atoms with Crippen LogP contribution in [0, 0.1) is 0 Å². The van der Waals surface area contributed by atoms with Crippen LogP contribution in [-0.2, 0) is 33.4 Å². The smallest absolute Gasteiger partial charge is 0.303 e. The van der Waals surface area contributed by atoms with Gasteiger partial charge >= 0.3 is 17.9 Å². The van der Waals surface area contributed by atoms with Crippen molar-refractivity contribution in [1.82, 2.24) is 5.32 Å². The van der Waals surface area contributed by atoms with E-state index in [1.54, 1.807) is 6.92 Å². The van der Waals surface area contributed by atoms with E-state index >= 15 is 0 Å². The zero-order valence-electron chi connectivity index (χ0n) is 11.7. The van der Waals surface area contributed by atoms with Crippen LogP contribution in [0.5, 0.6) is 0 Å². The largest absolute Gasteiger partial charge is 0.456 e. The minimum Gasteiger partial charge on any atom is -0.456 e. The Bertz CT molecular complexity index is 434. The van der Waals surface area contributed by atoms with Crippen LogP contribution >= 0.6 is 0 Å². The van der Waals surface area contributed by atoms with Gasteiger partial charge in [0.15, 0.2) is 12.2 Å². The Kier molecular flexibility index (Phi) is 5.06. The van der Waals surface area contributed by atoms with E-state index in [4.69, 9.17) is 14.2 Å². The van der Waals surface area contributed by atoms with Crippen molar-refractivity contribution < 1.29 is 33.4 Å². The molecule has 0 aromatic rings. The molecule has 0 bridgehead atoms. The number of rotatable bonds is 3. The maximum Gasteiger partial charge on any atom is 0.303 e. The summed E-state index contributed by atoms with van der Waals surface area (Å²) in [6.45, 7) is 5.05. The van der Waals surface area contributed by atoms with Crippen LogP contribution in [-0.4, -0.2) is 48.2 Å². The molecule has 0 spiro atoms. The van der Waals surface area contributed by atoms with Crippen molar-refractivity contribution in [2.45, 2.75) is 52.0 Å². The number of carbonyl (C=O) groups is 4. The van der Waals surface area contributed by atoms with E-state index in [-0.39, 0.29) is 0 Å². The molecule has 1 fully saturated rings. The molecular weight excluding hydrogens is 270 g/mol. The van der Waals surface area contributed by atoms with Gasteiger partial charge in [-0.1, -0.05) is 0 Å². The quantitative estimate of drug-likeness (QED) is 0.540. The van der Waals surface area contributed by atoms with Crippen LogP contribution in [0.4, 0.5) is 0 Å². The fraction of sp³-hybridized carbons (Fsp3) is 0.667. The minimum absolute atomic E-state index is 0.581. The van der Waals surface area contributed by atoms with Gasteiger partial charge < -0.3 is 19.5 Å². The predicted octanol–water partition coefficient (Wildman–Crippen LogP) is -0.700. The molecule has 4 atom stereocenters. The first-order valence-corrected chi connectivity index (χ1v) is 6.04. The van der Waals surface area contributed by atoms with Gasteiger partial charge in [0.1, 0.15) is 0 Å². The van der Waals surface area contributed by atoms with Crippen molar-refractivity contribution in [3.05, 3.63) is 0 Å². The van der Waals surface area contributed by atoms with Crippen molar-refractivity contribution in [2.75, 3.05) is 0 Å². The Morgan fingerprint density at radius 3 is 1.80 bits per heavy atom. The van der Waals surface area contributed by atoms with Crippen molar-refractivity contribution in [3.8, 4) is 0 Å². The molecule has 0 aliphatic carbocycles. The lowest BCUT2D eigenvalue weighted by atomic mass is 9.96. The Morgan fingerprint density at radius 1 is 0.900 bits per heavy atom. The Morgan fingerprint density at radius 2 is 1.35 bits per heavy atom. The molecule has 1 N–H and O–H groups in total. The second kappa shape index (κ2) is 6.36. The lowest BCUT2D eigenvalue weighted by molar-refractivity contribution is -0.194. The second-order valence-electron chi connectivity index (χ2n) is 4.48. The van der Waals surface area contributed by atoms with Crippen molar-refractivity contribution >= 4 is 23.8 Å². The summed E-state index contributed by atoms with van der Waals surface area (Å²) in [4.78, 5) is 45.2. The molecule has 0 aromatic heterocycles. The van der Waals surface area contributed by atoms with Gasteiger partial charge in [-0.05, 0) is 6.92 Å². The molecule has 1 heterocycles. The molecule has 1 rings (SSSR count). The average molecular weight is 287 g/mol. The predicted molar refractivity (Wildman–Crippen MR) is 64.3 cm³/mol. The summed E-state index contributed by atoms with van der Waals surface area (Å²) >= 11 is 0. The fourth-order valence-electron chi connectivity index (χ4n) is 1.98. The Balaban J connectivity index is 3.05. The standard InChI is InChI=1S/C12H17NO7/c1-5-9(18-6(2)14)10(19-7(3)15)11(12(17)13-5)20-8(4)16/h5,9-11H,1-4H3,(H,13,17)/t5?,9-,10+,11?/m1/s1. The number of amides is 1. The first-order valence-electron chi connectivity index (χ1n) is 6.04. The van der Waals surface area contributed by atoms with Crippen molar-refractivity contribution in [1.29, 1.82) is 0 Å². The maximum absolute atomic E-state index is 11.8. The summed E-state index contributed by atoms with van der Waals surface area (Å²) in [5.41, 5.74) is 0. The summed E-state index contributed by atoms with van der Waals surface area (Å²) < 4.78 is 14.9. The van der Waals surface area contributed by atoms with Gasteiger partial charge in [0.25, 0.3) is 5.91 Å². The molecule has 1 aliphatic rings. The highest BCUT2D eigenvalue weighted by Gasteiger charge is 2.48. The van der Waals surface area contributed by atoms with E-state index in [1.165, 1.54) is 6.92 Å². The van der Waals surface area contributed by atoms with E-state index in [0.29, 0.717) is 0 Å². The van der Waals surface area contributed by atoms with Gasteiger partial charge in [-0.15, -0.1) is 0 Å². The van der Waals surface area contributed by atoms with Gasteiger partial charge in [0.05, 0.1) is 6.04 Å². The zero-order chi connectivity index (χ0) is 15.4. The highest BCUT2D eigenvalue weighted by Crippen LogP contribution is 2.21. The average Bonchev–Trinajstić information content (AvgIpc) is 2.27. The molecule has 1 aliphatic heterocycles. The van der Waals surface area contributed by atoms with E-state index in [9.17, 15) is 19.2 Å². The number of hydrogen-bond acceptors (Lipinski definition) is 7. The molecule has 0 aromatic carbocycles. The molecular formula is C12H17NO7. The molecule has 2 unspecified atom stereocenters. The van der Waals surface area contributed by atoms with Crippen molar-refractivity contribution in [2.24, 2.45) is 0 Å². The van der Waals surface area contributed by atoms with Gasteiger partial charge in [0.2, 0.25) is 6.10 Å². The summed E-state index contributed by atoms with van der Waals surface area (Å²) in [6.07, 6.45) is -3.46. The zero-order valence-corrected chi connectivity index (χ0v) is 11.7. The van der Waals surface area contributed by atoms with E-state index in [0.717, 1.165) is 13.8 Å². The van der Waals surface area contributed by atoms with Crippen LogP contribution in [0.15, 0.2) is 0 Å². The van der Waals surface area contributed by atoms with Crippen LogP contribution in [0.3, 0.4) is 0 Å². The number of esters is 3. The van der Waals surface area contributed by atoms with Crippen LogP contribution in [0.1, 0.15) is 27.7 Å². The second-order valence-corrected chi connectivity index (χ2v) is 4.48. The topological polar surface area (TPSA) is 108 Å². The van der Waals surface area contributed by atoms with Crippen molar-refractivity contribution in [3.63, 3.8) is 0 Å². The van der Waals surface area contributed by atoms with Crippen LogP contribution in [0.25, 0.3) is 0 Å². The SMILES string of the molecule is CC(=O)OC1C(=O)NC(C)[C@@H](OC(C)=O)[C@@H]1OC(C)=O. The highest BCUT2D eigenvalue weighted by atomic mass is 16.6. The molecule has 20 heavy (non-hydrogen) atoms. The molecule has 0 radical (unpaired) electrons.